The van der Waals surface area contributed by atoms with Crippen molar-refractivity contribution < 1.29 is 33.2 Å². The van der Waals surface area contributed by atoms with E-state index in [1.54, 1.807) is 14.2 Å². The van der Waals surface area contributed by atoms with Crippen molar-refractivity contribution in [1.82, 2.24) is 0 Å². The van der Waals surface area contributed by atoms with Gasteiger partial charge in [0.15, 0.2) is 0 Å². The molecule has 4 aromatic carbocycles. The van der Waals surface area contributed by atoms with Gasteiger partial charge in [-0.2, -0.15) is 0 Å². The highest BCUT2D eigenvalue weighted by Gasteiger charge is 2.33. The summed E-state index contributed by atoms with van der Waals surface area (Å²) in [7, 11) is 3.38. The smallest absolute Gasteiger partial charge is 0.145 e. The minimum absolute atomic E-state index is 0.0417. The normalized spacial score (nSPS) is 16.3. The van der Waals surface area contributed by atoms with Gasteiger partial charge in [0.2, 0.25) is 0 Å². The quantitative estimate of drug-likeness (QED) is 0.0992. The summed E-state index contributed by atoms with van der Waals surface area (Å²) < 4.78 is 34.7. The van der Waals surface area contributed by atoms with Gasteiger partial charge in [-0.25, -0.2) is 0 Å². The number of carbonyl (C=O) groups is 1. The summed E-state index contributed by atoms with van der Waals surface area (Å²) >= 11 is 0. The number of carbonyl (C=O) groups excluding carboxylic acids is 1. The summed E-state index contributed by atoms with van der Waals surface area (Å²) in [6.07, 6.45) is 5.11. The van der Waals surface area contributed by atoms with E-state index in [0.29, 0.717) is 31.3 Å². The average Bonchev–Trinajstić information content (AvgIpc) is 4.06. The maximum absolute atomic E-state index is 12.1. The number of nitrogens with zero attached hydrogens (tertiary/aromatic N) is 2. The maximum Gasteiger partial charge on any atom is 0.145 e. The first-order valence-electron chi connectivity index (χ1n) is 20.6. The second-order valence-corrected chi connectivity index (χ2v) is 15.4. The molecule has 2 aliphatic heterocycles. The number of ether oxygens (including phenoxy) is 6. The molecule has 0 amide bonds. The number of benzene rings is 4. The molecular weight excluding hydrogens is 719 g/mol. The lowest BCUT2D eigenvalue weighted by Crippen LogP contribution is -2.54. The predicted octanol–water partition coefficient (Wildman–Crippen LogP) is 9.00. The van der Waals surface area contributed by atoms with Crippen LogP contribution in [0.2, 0.25) is 0 Å². The van der Waals surface area contributed by atoms with Gasteiger partial charge in [0.05, 0.1) is 65.0 Å². The Balaban J connectivity index is 0.000000196. The second-order valence-electron chi connectivity index (χ2n) is 15.4. The molecule has 3 aliphatic rings. The Morgan fingerprint density at radius 2 is 1.07 bits per heavy atom. The highest BCUT2D eigenvalue weighted by atomic mass is 16.5. The zero-order valence-electron chi connectivity index (χ0n) is 34.6. The van der Waals surface area contributed by atoms with Crippen molar-refractivity contribution in [3.05, 3.63) is 96.1 Å². The molecule has 2 saturated heterocycles. The maximum atomic E-state index is 12.1. The largest absolute Gasteiger partial charge is 0.494 e. The Bertz CT molecular complexity index is 1870. The van der Waals surface area contributed by atoms with E-state index in [1.807, 2.05) is 67.6 Å². The van der Waals surface area contributed by atoms with Crippen LogP contribution in [0, 0.1) is 5.92 Å². The van der Waals surface area contributed by atoms with Crippen LogP contribution in [0.5, 0.6) is 34.5 Å². The molecular formula is C47H61N3O7. The second kappa shape index (κ2) is 19.9. The van der Waals surface area contributed by atoms with Gasteiger partial charge >= 0.3 is 0 Å². The number of methoxy groups -OCH3 is 2. The zero-order chi connectivity index (χ0) is 40.3. The van der Waals surface area contributed by atoms with Gasteiger partial charge in [-0.05, 0) is 98.2 Å². The van der Waals surface area contributed by atoms with Crippen molar-refractivity contribution in [1.29, 1.82) is 0 Å². The van der Waals surface area contributed by atoms with Crippen LogP contribution in [0.15, 0.2) is 84.9 Å². The minimum Gasteiger partial charge on any atom is -0.494 e. The number of Topliss-reactive ketones (excluding diaryl/α,β-unsaturated/α-hetero) is 1. The van der Waals surface area contributed by atoms with Crippen LogP contribution in [0.3, 0.4) is 0 Å². The molecule has 0 spiro atoms. The molecule has 2 heterocycles. The third-order valence-electron chi connectivity index (χ3n) is 10.6. The fourth-order valence-corrected chi connectivity index (χ4v) is 6.98. The highest BCUT2D eigenvalue weighted by molar-refractivity contribution is 5.83. The lowest BCUT2D eigenvalue weighted by atomic mass is 9.94. The predicted molar refractivity (Wildman–Crippen MR) is 227 cm³/mol. The molecule has 4 aromatic rings. The number of ketones is 1. The van der Waals surface area contributed by atoms with Gasteiger partial charge < -0.3 is 44.0 Å². The summed E-state index contributed by atoms with van der Waals surface area (Å²) in [5.74, 6) is 6.12. The Labute approximate surface area is 339 Å². The summed E-state index contributed by atoms with van der Waals surface area (Å²) in [4.78, 5) is 16.6. The minimum atomic E-state index is 0.0417. The summed E-state index contributed by atoms with van der Waals surface area (Å²) in [5.41, 5.74) is 10.3. The molecule has 3 fully saturated rings. The monoisotopic (exact) mass is 779 g/mol. The van der Waals surface area contributed by atoms with Crippen LogP contribution in [0.4, 0.5) is 11.4 Å². The molecule has 1 aliphatic carbocycles. The van der Waals surface area contributed by atoms with Gasteiger partial charge in [0.1, 0.15) is 52.5 Å². The number of hydrogen-bond donors (Lipinski definition) is 1. The summed E-state index contributed by atoms with van der Waals surface area (Å²) in [5, 5.41) is 0. The van der Waals surface area contributed by atoms with Crippen LogP contribution in [0.1, 0.15) is 82.9 Å². The third kappa shape index (κ3) is 11.3. The fraction of sp³-hybridized carbons (Fsp3) is 0.468. The lowest BCUT2D eigenvalue weighted by Gasteiger charge is -2.41. The molecule has 57 heavy (non-hydrogen) atoms. The van der Waals surface area contributed by atoms with Gasteiger partial charge in [-0.15, -0.1) is 0 Å². The van der Waals surface area contributed by atoms with E-state index in [4.69, 9.17) is 34.2 Å². The first-order chi connectivity index (χ1) is 27.7. The Morgan fingerprint density at radius 3 is 1.46 bits per heavy atom. The number of anilines is 2. The molecule has 0 bridgehead atoms. The Kier molecular flexibility index (Phi) is 14.5. The van der Waals surface area contributed by atoms with Crippen molar-refractivity contribution in [3.63, 3.8) is 0 Å². The van der Waals surface area contributed by atoms with Gasteiger partial charge in [-0.1, -0.05) is 45.0 Å². The molecule has 0 radical (unpaired) electrons. The standard InChI is InChI=1S/C26H33NO4.C21H28N2O3/c1-4-13-30-22-11-12-24(26(15-22)29-3)27-16-23(17-27)31-21-9-7-19(8-10-21)18(2)14-25(28)20-5-6-20;1-4-11-25-18-9-10-20(21(12-18)24-3)23-13-19(14-23)26-17-7-5-16(6-8-17)15(2)22/h7-12,15,18,20,23H,4-6,13-14,16-17H2,1-3H3;5-10,12,15,19H,4,11,13-14,22H2,1-3H3/t18-;15-/m10/s1. The summed E-state index contributed by atoms with van der Waals surface area (Å²) in [6.45, 7) is 13.0. The van der Waals surface area contributed by atoms with Gasteiger partial charge in [0, 0.05) is 30.5 Å². The average molecular weight is 780 g/mol. The Morgan fingerprint density at radius 1 is 0.649 bits per heavy atom. The lowest BCUT2D eigenvalue weighted by molar-refractivity contribution is -0.120. The molecule has 1 saturated carbocycles. The highest BCUT2D eigenvalue weighted by Crippen LogP contribution is 2.38. The molecule has 306 valence electrons. The molecule has 10 nitrogen and oxygen atoms in total. The molecule has 0 aromatic heterocycles. The van der Waals surface area contributed by atoms with Crippen molar-refractivity contribution in [2.75, 3.05) is 63.4 Å². The van der Waals surface area contributed by atoms with Crippen LogP contribution >= 0.6 is 0 Å². The van der Waals surface area contributed by atoms with E-state index in [9.17, 15) is 4.79 Å². The molecule has 2 atom stereocenters. The number of hydrogen-bond acceptors (Lipinski definition) is 10. The molecule has 10 heteroatoms. The van der Waals surface area contributed by atoms with Crippen molar-refractivity contribution in [2.45, 2.75) is 84.0 Å². The third-order valence-corrected chi connectivity index (χ3v) is 10.6. The van der Waals surface area contributed by atoms with E-state index in [0.717, 1.165) is 103 Å². The first kappa shape index (κ1) is 41.5. The van der Waals surface area contributed by atoms with Crippen LogP contribution < -0.4 is 44.0 Å². The van der Waals surface area contributed by atoms with Gasteiger partial charge in [0.25, 0.3) is 0 Å². The topological polar surface area (TPSA) is 105 Å². The Hall–Kier alpha value is -5.09. The van der Waals surface area contributed by atoms with E-state index in [2.05, 4.69) is 54.8 Å². The van der Waals surface area contributed by atoms with E-state index in [-0.39, 0.29) is 24.2 Å². The van der Waals surface area contributed by atoms with E-state index < -0.39 is 0 Å². The van der Waals surface area contributed by atoms with Gasteiger partial charge in [-0.3, -0.25) is 4.79 Å². The molecule has 0 unspecified atom stereocenters. The summed E-state index contributed by atoms with van der Waals surface area (Å²) in [6, 6.07) is 28.3. The SMILES string of the molecule is CCCOc1ccc(N2CC(Oc3ccc([C@H](C)CC(=O)C4CC4)cc3)C2)c(OC)c1.CCCOc1ccc(N2CC(Oc3ccc([C@H](C)N)cc3)C2)c(OC)c1. The van der Waals surface area contributed by atoms with E-state index >= 15 is 0 Å². The van der Waals surface area contributed by atoms with Crippen LogP contribution in [-0.4, -0.2) is 71.6 Å². The van der Waals surface area contributed by atoms with Crippen molar-refractivity contribution >= 4 is 17.2 Å². The number of nitrogens with two attached hydrogens (primary N) is 1. The number of rotatable bonds is 19. The van der Waals surface area contributed by atoms with E-state index in [1.165, 1.54) is 5.56 Å². The van der Waals surface area contributed by atoms with Crippen LogP contribution in [-0.2, 0) is 4.79 Å². The zero-order valence-corrected chi connectivity index (χ0v) is 34.6. The molecule has 7 rings (SSSR count). The van der Waals surface area contributed by atoms with Crippen molar-refractivity contribution in [2.24, 2.45) is 11.7 Å². The van der Waals surface area contributed by atoms with Crippen LogP contribution in [0.25, 0.3) is 0 Å². The fourth-order valence-electron chi connectivity index (χ4n) is 6.98. The molecule has 2 N–H and O–H groups in total. The van der Waals surface area contributed by atoms with Crippen molar-refractivity contribution in [3.8, 4) is 34.5 Å². The first-order valence-corrected chi connectivity index (χ1v) is 20.6.